The Labute approximate surface area is 171 Å². The summed E-state index contributed by atoms with van der Waals surface area (Å²) in [7, 11) is -2.60. The highest BCUT2D eigenvalue weighted by Crippen LogP contribution is 2.28. The van der Waals surface area contributed by atoms with Gasteiger partial charge in [-0.25, -0.2) is 17.5 Å². The Hall–Kier alpha value is -2.88. The molecule has 0 aliphatic carbocycles. The minimum atomic E-state index is -4.00. The lowest BCUT2D eigenvalue weighted by Gasteiger charge is -2.12. The Balaban J connectivity index is 1.85. The molecule has 0 aliphatic heterocycles. The topological polar surface area (TPSA) is 97.6 Å². The van der Waals surface area contributed by atoms with E-state index in [0.717, 1.165) is 18.2 Å². The number of furan rings is 1. The van der Waals surface area contributed by atoms with E-state index >= 15 is 0 Å². The van der Waals surface area contributed by atoms with Crippen LogP contribution in [-0.4, -0.2) is 21.4 Å². The number of halogens is 2. The van der Waals surface area contributed by atoms with Gasteiger partial charge in [0.05, 0.1) is 36.1 Å². The van der Waals surface area contributed by atoms with Crippen LogP contribution >= 0.6 is 11.6 Å². The lowest BCUT2D eigenvalue weighted by Crippen LogP contribution is -2.24. The van der Waals surface area contributed by atoms with Crippen LogP contribution in [0.1, 0.15) is 16.1 Å². The molecule has 0 spiro atoms. The third-order valence-corrected chi connectivity index (χ3v) is 5.55. The highest BCUT2D eigenvalue weighted by molar-refractivity contribution is 7.89. The van der Waals surface area contributed by atoms with Crippen molar-refractivity contribution in [3.05, 3.63) is 77.0 Å². The first kappa shape index (κ1) is 20.8. The van der Waals surface area contributed by atoms with Crippen molar-refractivity contribution in [2.75, 3.05) is 12.4 Å². The second kappa shape index (κ2) is 8.64. The van der Waals surface area contributed by atoms with Crippen molar-refractivity contribution < 1.29 is 26.8 Å². The van der Waals surface area contributed by atoms with Crippen molar-refractivity contribution in [3.63, 3.8) is 0 Å². The predicted octanol–water partition coefficient (Wildman–Crippen LogP) is 3.81. The molecule has 0 aliphatic rings. The number of amides is 1. The molecule has 3 aromatic rings. The number of rotatable bonds is 7. The predicted molar refractivity (Wildman–Crippen MR) is 105 cm³/mol. The molecule has 0 saturated carbocycles. The Kier molecular flexibility index (Phi) is 6.21. The third-order valence-electron chi connectivity index (χ3n) is 3.92. The lowest BCUT2D eigenvalue weighted by atomic mass is 10.2. The van der Waals surface area contributed by atoms with Crippen molar-refractivity contribution in [1.29, 1.82) is 0 Å². The van der Waals surface area contributed by atoms with Crippen LogP contribution in [0.4, 0.5) is 10.1 Å². The summed E-state index contributed by atoms with van der Waals surface area (Å²) in [6.45, 7) is -0.0893. The van der Waals surface area contributed by atoms with Crippen LogP contribution in [0.2, 0.25) is 5.02 Å². The van der Waals surface area contributed by atoms with Gasteiger partial charge in [0.25, 0.3) is 5.91 Å². The first-order chi connectivity index (χ1) is 13.8. The maximum atomic E-state index is 14.2. The molecule has 2 aromatic carbocycles. The van der Waals surface area contributed by atoms with Gasteiger partial charge < -0.3 is 14.5 Å². The van der Waals surface area contributed by atoms with Gasteiger partial charge in [-0.2, -0.15) is 0 Å². The van der Waals surface area contributed by atoms with E-state index < -0.39 is 27.3 Å². The number of methoxy groups -OCH3 is 1. The summed E-state index contributed by atoms with van der Waals surface area (Å²) >= 11 is 5.92. The molecule has 3 rings (SSSR count). The maximum Gasteiger partial charge on any atom is 0.258 e. The van der Waals surface area contributed by atoms with Gasteiger partial charge in [0.15, 0.2) is 0 Å². The second-order valence-corrected chi connectivity index (χ2v) is 8.05. The summed E-state index contributed by atoms with van der Waals surface area (Å²) in [6.07, 6.45) is 1.41. The van der Waals surface area contributed by atoms with Gasteiger partial charge in [0, 0.05) is 5.02 Å². The van der Waals surface area contributed by atoms with E-state index in [-0.39, 0.29) is 17.1 Å². The number of hydrogen-bond acceptors (Lipinski definition) is 5. The number of benzene rings is 2. The molecule has 2 N–H and O–H groups in total. The average molecular weight is 439 g/mol. The molecule has 0 saturated heterocycles. The fourth-order valence-corrected chi connectivity index (χ4v) is 3.67. The lowest BCUT2D eigenvalue weighted by molar-refractivity contribution is 0.102. The zero-order chi connectivity index (χ0) is 21.0. The molecule has 1 aromatic heterocycles. The van der Waals surface area contributed by atoms with Crippen molar-refractivity contribution in [1.82, 2.24) is 4.72 Å². The van der Waals surface area contributed by atoms with Crippen molar-refractivity contribution >= 4 is 33.2 Å². The van der Waals surface area contributed by atoms with Crippen LogP contribution in [0.25, 0.3) is 0 Å². The van der Waals surface area contributed by atoms with Crippen LogP contribution in [0.5, 0.6) is 5.75 Å². The van der Waals surface area contributed by atoms with E-state index in [1.807, 2.05) is 0 Å². The summed E-state index contributed by atoms with van der Waals surface area (Å²) in [6, 6.07) is 10.7. The highest BCUT2D eigenvalue weighted by atomic mass is 35.5. The smallest absolute Gasteiger partial charge is 0.258 e. The average Bonchev–Trinajstić information content (AvgIpc) is 3.20. The maximum absolute atomic E-state index is 14.2. The molecular formula is C19H16ClFN2O5S. The zero-order valence-electron chi connectivity index (χ0n) is 15.1. The number of ether oxygens (including phenoxy) is 1. The largest absolute Gasteiger partial charge is 0.495 e. The first-order valence-corrected chi connectivity index (χ1v) is 10.1. The fourth-order valence-electron chi connectivity index (χ4n) is 2.48. The molecule has 0 radical (unpaired) electrons. The first-order valence-electron chi connectivity index (χ1n) is 8.26. The van der Waals surface area contributed by atoms with Crippen molar-refractivity contribution in [2.45, 2.75) is 11.4 Å². The van der Waals surface area contributed by atoms with Crippen LogP contribution in [-0.2, 0) is 16.6 Å². The molecule has 0 unspecified atom stereocenters. The SMILES string of the molecule is COc1ccc(Cl)cc1NC(=O)c1cc(S(=O)(=O)NCc2ccco2)ccc1F. The molecule has 1 heterocycles. The number of hydrogen-bond donors (Lipinski definition) is 2. The summed E-state index contributed by atoms with van der Waals surface area (Å²) in [4.78, 5) is 12.3. The van der Waals surface area contributed by atoms with Crippen LogP contribution in [0.15, 0.2) is 64.1 Å². The number of carbonyl (C=O) groups is 1. The summed E-state index contributed by atoms with van der Waals surface area (Å²) in [5.74, 6) is -1.02. The molecule has 10 heteroatoms. The van der Waals surface area contributed by atoms with Gasteiger partial charge in [-0.3, -0.25) is 4.79 Å². The molecule has 152 valence electrons. The summed E-state index contributed by atoms with van der Waals surface area (Å²) < 4.78 is 51.7. The molecule has 0 atom stereocenters. The van der Waals surface area contributed by atoms with Crippen LogP contribution in [0, 0.1) is 5.82 Å². The number of sulfonamides is 1. The molecule has 29 heavy (non-hydrogen) atoms. The zero-order valence-corrected chi connectivity index (χ0v) is 16.7. The van der Waals surface area contributed by atoms with E-state index in [4.69, 9.17) is 20.8 Å². The Morgan fingerprint density at radius 1 is 1.21 bits per heavy atom. The minimum absolute atomic E-state index is 0.0893. The van der Waals surface area contributed by atoms with Gasteiger partial charge >= 0.3 is 0 Å². The van der Waals surface area contributed by atoms with E-state index in [1.165, 1.54) is 25.5 Å². The van der Waals surface area contributed by atoms with Gasteiger partial charge in [0.2, 0.25) is 10.0 Å². The Morgan fingerprint density at radius 3 is 2.69 bits per heavy atom. The monoisotopic (exact) mass is 438 g/mol. The van der Waals surface area contributed by atoms with E-state index in [9.17, 15) is 17.6 Å². The van der Waals surface area contributed by atoms with Crippen molar-refractivity contribution in [3.8, 4) is 5.75 Å². The molecule has 0 bridgehead atoms. The number of nitrogens with one attached hydrogen (secondary N) is 2. The van der Waals surface area contributed by atoms with E-state index in [2.05, 4.69) is 10.0 Å². The fraction of sp³-hybridized carbons (Fsp3) is 0.105. The summed E-state index contributed by atoms with van der Waals surface area (Å²) in [5, 5.41) is 2.81. The third kappa shape index (κ3) is 4.94. The van der Waals surface area contributed by atoms with E-state index in [1.54, 1.807) is 18.2 Å². The number of carbonyl (C=O) groups excluding carboxylic acids is 1. The van der Waals surface area contributed by atoms with Gasteiger partial charge in [-0.15, -0.1) is 0 Å². The molecular weight excluding hydrogens is 423 g/mol. The second-order valence-electron chi connectivity index (χ2n) is 5.84. The molecule has 7 nitrogen and oxygen atoms in total. The quantitative estimate of drug-likeness (QED) is 0.584. The van der Waals surface area contributed by atoms with Gasteiger partial charge in [-0.05, 0) is 48.5 Å². The minimum Gasteiger partial charge on any atom is -0.495 e. The highest BCUT2D eigenvalue weighted by Gasteiger charge is 2.20. The van der Waals surface area contributed by atoms with E-state index in [0.29, 0.717) is 16.5 Å². The van der Waals surface area contributed by atoms with Crippen LogP contribution in [0.3, 0.4) is 0 Å². The molecule has 1 amide bonds. The normalized spacial score (nSPS) is 11.3. The van der Waals surface area contributed by atoms with Gasteiger partial charge in [-0.1, -0.05) is 11.6 Å². The summed E-state index contributed by atoms with van der Waals surface area (Å²) in [5.41, 5.74) is -0.235. The standard InChI is InChI=1S/C19H16ClFN2O5S/c1-27-18-7-4-12(20)9-17(18)23-19(24)15-10-14(5-6-16(15)21)29(25,26)22-11-13-3-2-8-28-13/h2-10,22H,11H2,1H3,(H,23,24). The van der Waals surface area contributed by atoms with Crippen LogP contribution < -0.4 is 14.8 Å². The number of anilines is 1. The molecule has 0 fully saturated rings. The van der Waals surface area contributed by atoms with Crippen molar-refractivity contribution in [2.24, 2.45) is 0 Å². The van der Waals surface area contributed by atoms with Gasteiger partial charge in [0.1, 0.15) is 17.3 Å². The Bertz CT molecular complexity index is 1130. The Morgan fingerprint density at radius 2 is 2.00 bits per heavy atom.